The summed E-state index contributed by atoms with van der Waals surface area (Å²) >= 11 is 0. The highest BCUT2D eigenvalue weighted by Crippen LogP contribution is 2.41. The zero-order valence-electron chi connectivity index (χ0n) is 12.4. The van der Waals surface area contributed by atoms with E-state index in [9.17, 15) is 0 Å². The highest BCUT2D eigenvalue weighted by atomic mass is 15.4. The quantitative estimate of drug-likeness (QED) is 0.903. The summed E-state index contributed by atoms with van der Waals surface area (Å²) in [5.41, 5.74) is 1.51. The molecule has 2 aliphatic carbocycles. The maximum Gasteiger partial charge on any atom is 0.0967 e. The van der Waals surface area contributed by atoms with Gasteiger partial charge in [-0.25, -0.2) is 0 Å². The summed E-state index contributed by atoms with van der Waals surface area (Å²) in [6, 6.07) is 0.706. The normalized spacial score (nSPS) is 30.1. The molecule has 0 aromatic carbocycles. The van der Waals surface area contributed by atoms with Crippen molar-refractivity contribution in [3.8, 4) is 0 Å². The summed E-state index contributed by atoms with van der Waals surface area (Å²) < 4.78 is 1.82. The first-order valence-electron chi connectivity index (χ1n) is 8.09. The third kappa shape index (κ3) is 2.27. The van der Waals surface area contributed by atoms with Crippen molar-refractivity contribution in [3.05, 3.63) is 11.9 Å². The van der Waals surface area contributed by atoms with Crippen molar-refractivity contribution in [1.82, 2.24) is 25.2 Å². The van der Waals surface area contributed by atoms with Crippen LogP contribution in [0.4, 0.5) is 0 Å². The lowest BCUT2D eigenvalue weighted by molar-refractivity contribution is 0.0301. The molecule has 2 saturated carbocycles. The summed E-state index contributed by atoms with van der Waals surface area (Å²) in [6.45, 7) is 3.34. The van der Waals surface area contributed by atoms with Crippen LogP contribution in [0.25, 0.3) is 0 Å². The van der Waals surface area contributed by atoms with E-state index in [4.69, 9.17) is 0 Å². The maximum atomic E-state index is 4.30. The van der Waals surface area contributed by atoms with Gasteiger partial charge in [0.15, 0.2) is 0 Å². The molecule has 110 valence electrons. The van der Waals surface area contributed by atoms with Crippen molar-refractivity contribution in [2.45, 2.75) is 56.7 Å². The molecule has 0 radical (unpaired) electrons. The van der Waals surface area contributed by atoms with Gasteiger partial charge in [-0.05, 0) is 31.6 Å². The van der Waals surface area contributed by atoms with Crippen LogP contribution >= 0.6 is 0 Å². The van der Waals surface area contributed by atoms with Crippen LogP contribution in [0.3, 0.4) is 0 Å². The minimum absolute atomic E-state index is 0.392. The Bertz CT molecular complexity index is 472. The topological polar surface area (TPSA) is 46.0 Å². The van der Waals surface area contributed by atoms with E-state index in [-0.39, 0.29) is 0 Å². The lowest BCUT2D eigenvalue weighted by Crippen LogP contribution is -2.63. The molecule has 4 rings (SSSR count). The summed E-state index contributed by atoms with van der Waals surface area (Å²) in [7, 11) is 1.95. The van der Waals surface area contributed by atoms with E-state index in [0.717, 1.165) is 18.2 Å². The van der Waals surface area contributed by atoms with E-state index in [2.05, 4.69) is 26.7 Å². The van der Waals surface area contributed by atoms with Crippen molar-refractivity contribution in [2.75, 3.05) is 13.1 Å². The molecular formula is C15H25N5. The third-order valence-electron chi connectivity index (χ3n) is 5.51. The Balaban J connectivity index is 1.53. The molecule has 1 atom stereocenters. The van der Waals surface area contributed by atoms with Crippen molar-refractivity contribution < 1.29 is 0 Å². The van der Waals surface area contributed by atoms with Crippen LogP contribution in [0.1, 0.15) is 44.2 Å². The number of hydrogen-bond acceptors (Lipinski definition) is 4. The first kappa shape index (κ1) is 12.8. The van der Waals surface area contributed by atoms with Gasteiger partial charge in [0.2, 0.25) is 0 Å². The van der Waals surface area contributed by atoms with Crippen LogP contribution in [0, 0.1) is 5.92 Å². The van der Waals surface area contributed by atoms with Gasteiger partial charge in [-0.2, -0.15) is 0 Å². The van der Waals surface area contributed by atoms with Crippen molar-refractivity contribution in [2.24, 2.45) is 13.0 Å². The molecule has 3 fully saturated rings. The number of aromatic nitrogens is 3. The fourth-order valence-corrected chi connectivity index (χ4v) is 4.16. The SMILES string of the molecule is Cn1cc(CN2CC(C3CC3)NCC23CCCC3)nn1. The van der Waals surface area contributed by atoms with Gasteiger partial charge >= 0.3 is 0 Å². The number of hydrogen-bond donors (Lipinski definition) is 1. The fourth-order valence-electron chi connectivity index (χ4n) is 4.16. The Labute approximate surface area is 120 Å². The van der Waals surface area contributed by atoms with Crippen molar-refractivity contribution >= 4 is 0 Å². The van der Waals surface area contributed by atoms with E-state index in [1.807, 2.05) is 11.7 Å². The second kappa shape index (κ2) is 4.81. The molecule has 1 saturated heterocycles. The number of nitrogens with zero attached hydrogens (tertiary/aromatic N) is 4. The number of rotatable bonds is 3. The predicted octanol–water partition coefficient (Wildman–Crippen LogP) is 1.31. The number of nitrogens with one attached hydrogen (secondary N) is 1. The highest BCUT2D eigenvalue weighted by molar-refractivity contribution is 5.06. The molecule has 1 aromatic rings. The van der Waals surface area contributed by atoms with Crippen LogP contribution in [-0.2, 0) is 13.6 Å². The minimum Gasteiger partial charge on any atom is -0.311 e. The zero-order valence-corrected chi connectivity index (χ0v) is 12.4. The fraction of sp³-hybridized carbons (Fsp3) is 0.867. The van der Waals surface area contributed by atoms with Gasteiger partial charge in [-0.15, -0.1) is 5.10 Å². The average molecular weight is 275 g/mol. The molecule has 1 aromatic heterocycles. The first-order chi connectivity index (χ1) is 9.75. The monoisotopic (exact) mass is 275 g/mol. The average Bonchev–Trinajstić information content (AvgIpc) is 3.05. The minimum atomic E-state index is 0.392. The molecule has 20 heavy (non-hydrogen) atoms. The van der Waals surface area contributed by atoms with Crippen molar-refractivity contribution in [3.63, 3.8) is 0 Å². The van der Waals surface area contributed by atoms with E-state index in [1.54, 1.807) is 0 Å². The Morgan fingerprint density at radius 3 is 2.80 bits per heavy atom. The van der Waals surface area contributed by atoms with Crippen molar-refractivity contribution in [1.29, 1.82) is 0 Å². The van der Waals surface area contributed by atoms with Gasteiger partial charge in [-0.3, -0.25) is 9.58 Å². The molecule has 0 amide bonds. The Morgan fingerprint density at radius 1 is 1.35 bits per heavy atom. The van der Waals surface area contributed by atoms with E-state index < -0.39 is 0 Å². The summed E-state index contributed by atoms with van der Waals surface area (Å²) in [6.07, 6.45) is 10.4. The van der Waals surface area contributed by atoms with Gasteiger partial charge in [0.25, 0.3) is 0 Å². The lowest BCUT2D eigenvalue weighted by Gasteiger charge is -2.48. The summed E-state index contributed by atoms with van der Waals surface area (Å²) in [5, 5.41) is 12.2. The molecule has 0 bridgehead atoms. The molecule has 1 spiro atoms. The predicted molar refractivity (Wildman–Crippen MR) is 77.1 cm³/mol. The molecule has 2 heterocycles. The second-order valence-electron chi connectivity index (χ2n) is 7.02. The first-order valence-corrected chi connectivity index (χ1v) is 8.09. The second-order valence-corrected chi connectivity index (χ2v) is 7.02. The van der Waals surface area contributed by atoms with Crippen LogP contribution in [0.2, 0.25) is 0 Å². The largest absolute Gasteiger partial charge is 0.311 e. The standard InChI is InChI=1S/C15H25N5/c1-19-8-13(17-18-19)9-20-10-14(12-4-5-12)16-11-15(20)6-2-3-7-15/h8,12,14,16H,2-7,9-11H2,1H3. The third-order valence-corrected chi connectivity index (χ3v) is 5.51. The van der Waals surface area contributed by atoms with Crippen LogP contribution in [-0.4, -0.2) is 44.6 Å². The molecule has 1 N–H and O–H groups in total. The lowest BCUT2D eigenvalue weighted by atomic mass is 9.89. The molecule has 3 aliphatic rings. The van der Waals surface area contributed by atoms with Crippen LogP contribution < -0.4 is 5.32 Å². The van der Waals surface area contributed by atoms with E-state index in [1.165, 1.54) is 51.6 Å². The van der Waals surface area contributed by atoms with Crippen LogP contribution in [0.15, 0.2) is 6.20 Å². The molecule has 5 nitrogen and oxygen atoms in total. The van der Waals surface area contributed by atoms with Gasteiger partial charge in [0.05, 0.1) is 5.69 Å². The number of aryl methyl sites for hydroxylation is 1. The zero-order chi connectivity index (χ0) is 13.6. The van der Waals surface area contributed by atoms with Gasteiger partial charge in [0.1, 0.15) is 0 Å². The number of piperazine rings is 1. The van der Waals surface area contributed by atoms with E-state index >= 15 is 0 Å². The highest BCUT2D eigenvalue weighted by Gasteiger charge is 2.46. The molecular weight excluding hydrogens is 250 g/mol. The Morgan fingerprint density at radius 2 is 2.15 bits per heavy atom. The molecule has 1 unspecified atom stereocenters. The van der Waals surface area contributed by atoms with Gasteiger partial charge < -0.3 is 5.32 Å². The molecule has 1 aliphatic heterocycles. The summed E-state index contributed by atoms with van der Waals surface area (Å²) in [4.78, 5) is 2.73. The van der Waals surface area contributed by atoms with E-state index in [0.29, 0.717) is 11.6 Å². The van der Waals surface area contributed by atoms with Crippen LogP contribution in [0.5, 0.6) is 0 Å². The van der Waals surface area contributed by atoms with Gasteiger partial charge in [-0.1, -0.05) is 18.1 Å². The molecule has 5 heteroatoms. The van der Waals surface area contributed by atoms with Gasteiger partial charge in [0, 0.05) is 44.5 Å². The summed E-state index contributed by atoms with van der Waals surface area (Å²) in [5.74, 6) is 0.929. The Hall–Kier alpha value is -0.940. The Kier molecular flexibility index (Phi) is 3.07. The smallest absolute Gasteiger partial charge is 0.0967 e. The maximum absolute atomic E-state index is 4.30.